The molecule has 1 N–H and O–H groups in total. The fourth-order valence-electron chi connectivity index (χ4n) is 2.50. The van der Waals surface area contributed by atoms with Crippen LogP contribution in [0.2, 0.25) is 0 Å². The Kier molecular flexibility index (Phi) is 8.14. The summed E-state index contributed by atoms with van der Waals surface area (Å²) >= 11 is 0. The standard InChI is InChI=1S/C21H25NO7/c1-5-27-17-10-8-15(12-19(17)28-6-2)22-20(23)13-29-21(24)14-7-9-16(25-3)18(11-14)26-4/h7-12H,5-6,13H2,1-4H3,(H,22,23). The molecule has 0 aliphatic heterocycles. The van der Waals surface area contributed by atoms with Crippen LogP contribution < -0.4 is 24.3 Å². The van der Waals surface area contributed by atoms with Gasteiger partial charge in [-0.3, -0.25) is 4.79 Å². The minimum absolute atomic E-state index is 0.246. The molecule has 0 fully saturated rings. The molecular formula is C21H25NO7. The van der Waals surface area contributed by atoms with Gasteiger partial charge < -0.3 is 29.0 Å². The van der Waals surface area contributed by atoms with Gasteiger partial charge in [0.05, 0.1) is 33.0 Å². The first-order chi connectivity index (χ1) is 14.0. The number of methoxy groups -OCH3 is 2. The van der Waals surface area contributed by atoms with Crippen molar-refractivity contribution in [1.82, 2.24) is 0 Å². The normalized spacial score (nSPS) is 10.1. The van der Waals surface area contributed by atoms with Crippen LogP contribution in [-0.4, -0.2) is 45.9 Å². The molecule has 8 nitrogen and oxygen atoms in total. The van der Waals surface area contributed by atoms with Gasteiger partial charge >= 0.3 is 5.97 Å². The summed E-state index contributed by atoms with van der Waals surface area (Å²) in [7, 11) is 2.96. The summed E-state index contributed by atoms with van der Waals surface area (Å²) in [5, 5.41) is 2.66. The van der Waals surface area contributed by atoms with Gasteiger partial charge in [-0.15, -0.1) is 0 Å². The molecule has 0 aliphatic carbocycles. The molecule has 0 spiro atoms. The van der Waals surface area contributed by atoms with Gasteiger partial charge in [-0.1, -0.05) is 0 Å². The molecular weight excluding hydrogens is 378 g/mol. The average Bonchev–Trinajstić information content (AvgIpc) is 2.73. The molecule has 0 heterocycles. The van der Waals surface area contributed by atoms with Crippen molar-refractivity contribution in [1.29, 1.82) is 0 Å². The van der Waals surface area contributed by atoms with E-state index in [0.29, 0.717) is 41.9 Å². The zero-order valence-electron chi connectivity index (χ0n) is 16.9. The third kappa shape index (κ3) is 6.03. The molecule has 0 bridgehead atoms. The second-order valence-corrected chi connectivity index (χ2v) is 5.72. The van der Waals surface area contributed by atoms with Crippen LogP contribution in [0.15, 0.2) is 36.4 Å². The van der Waals surface area contributed by atoms with E-state index in [2.05, 4.69) is 5.32 Å². The van der Waals surface area contributed by atoms with Crippen molar-refractivity contribution in [3.63, 3.8) is 0 Å². The quantitative estimate of drug-likeness (QED) is 0.609. The third-order valence-corrected chi connectivity index (χ3v) is 3.78. The number of carbonyl (C=O) groups excluding carboxylic acids is 2. The number of benzene rings is 2. The molecule has 0 saturated heterocycles. The fourth-order valence-corrected chi connectivity index (χ4v) is 2.50. The van der Waals surface area contributed by atoms with E-state index in [-0.39, 0.29) is 5.56 Å². The zero-order valence-corrected chi connectivity index (χ0v) is 16.9. The molecule has 2 aromatic rings. The van der Waals surface area contributed by atoms with Crippen LogP contribution in [0.3, 0.4) is 0 Å². The second-order valence-electron chi connectivity index (χ2n) is 5.72. The van der Waals surface area contributed by atoms with Crippen molar-refractivity contribution in [3.8, 4) is 23.0 Å². The van der Waals surface area contributed by atoms with Gasteiger partial charge in [0, 0.05) is 11.8 Å². The smallest absolute Gasteiger partial charge is 0.338 e. The predicted octanol–water partition coefficient (Wildman–Crippen LogP) is 3.30. The molecule has 0 unspecified atom stereocenters. The predicted molar refractivity (Wildman–Crippen MR) is 107 cm³/mol. The number of hydrogen-bond acceptors (Lipinski definition) is 7. The lowest BCUT2D eigenvalue weighted by atomic mass is 10.2. The number of hydrogen-bond donors (Lipinski definition) is 1. The van der Waals surface area contributed by atoms with Crippen LogP contribution in [0.1, 0.15) is 24.2 Å². The molecule has 29 heavy (non-hydrogen) atoms. The van der Waals surface area contributed by atoms with E-state index in [1.54, 1.807) is 24.3 Å². The SMILES string of the molecule is CCOc1ccc(NC(=O)COC(=O)c2ccc(OC)c(OC)c2)cc1OCC. The van der Waals surface area contributed by atoms with E-state index in [9.17, 15) is 9.59 Å². The highest BCUT2D eigenvalue weighted by Crippen LogP contribution is 2.31. The van der Waals surface area contributed by atoms with Gasteiger partial charge in [0.15, 0.2) is 29.6 Å². The van der Waals surface area contributed by atoms with Crippen molar-refractivity contribution in [2.75, 3.05) is 39.4 Å². The number of amides is 1. The molecule has 0 atom stereocenters. The van der Waals surface area contributed by atoms with Gasteiger partial charge in [0.1, 0.15) is 0 Å². The summed E-state index contributed by atoms with van der Waals surface area (Å²) in [5.74, 6) is 0.863. The lowest BCUT2D eigenvalue weighted by molar-refractivity contribution is -0.119. The van der Waals surface area contributed by atoms with Crippen LogP contribution in [-0.2, 0) is 9.53 Å². The van der Waals surface area contributed by atoms with Crippen molar-refractivity contribution in [3.05, 3.63) is 42.0 Å². The first-order valence-corrected chi connectivity index (χ1v) is 9.11. The highest BCUT2D eigenvalue weighted by molar-refractivity contribution is 5.96. The lowest BCUT2D eigenvalue weighted by Crippen LogP contribution is -2.21. The molecule has 156 valence electrons. The number of carbonyl (C=O) groups is 2. The summed E-state index contributed by atoms with van der Waals surface area (Å²) in [6.07, 6.45) is 0. The Hall–Kier alpha value is -3.42. The van der Waals surface area contributed by atoms with Gasteiger partial charge in [0.25, 0.3) is 5.91 Å². The topological polar surface area (TPSA) is 92.3 Å². The summed E-state index contributed by atoms with van der Waals surface area (Å²) in [4.78, 5) is 24.3. The Morgan fingerprint density at radius 3 is 2.14 bits per heavy atom. The molecule has 0 aliphatic rings. The number of nitrogens with one attached hydrogen (secondary N) is 1. The van der Waals surface area contributed by atoms with Crippen molar-refractivity contribution < 1.29 is 33.3 Å². The summed E-state index contributed by atoms with van der Waals surface area (Å²) < 4.78 is 26.4. The Bertz CT molecular complexity index is 851. The van der Waals surface area contributed by atoms with Crippen LogP contribution in [0, 0.1) is 0 Å². The third-order valence-electron chi connectivity index (χ3n) is 3.78. The lowest BCUT2D eigenvalue weighted by Gasteiger charge is -2.13. The maximum atomic E-state index is 12.2. The minimum atomic E-state index is -0.650. The molecule has 0 aromatic heterocycles. The summed E-state index contributed by atoms with van der Waals surface area (Å²) in [6, 6.07) is 9.65. The van der Waals surface area contributed by atoms with E-state index in [4.69, 9.17) is 23.7 Å². The van der Waals surface area contributed by atoms with Gasteiger partial charge in [0.2, 0.25) is 0 Å². The Labute approximate surface area is 169 Å². The number of anilines is 1. The van der Waals surface area contributed by atoms with Gasteiger partial charge in [-0.2, -0.15) is 0 Å². The van der Waals surface area contributed by atoms with Crippen LogP contribution in [0.25, 0.3) is 0 Å². The van der Waals surface area contributed by atoms with Crippen LogP contribution in [0.5, 0.6) is 23.0 Å². The highest BCUT2D eigenvalue weighted by Gasteiger charge is 2.14. The van der Waals surface area contributed by atoms with Crippen molar-refractivity contribution >= 4 is 17.6 Å². The molecule has 2 rings (SSSR count). The molecule has 8 heteroatoms. The van der Waals surface area contributed by atoms with Gasteiger partial charge in [-0.05, 0) is 44.2 Å². The monoisotopic (exact) mass is 403 g/mol. The maximum Gasteiger partial charge on any atom is 0.338 e. The minimum Gasteiger partial charge on any atom is -0.493 e. The fraction of sp³-hybridized carbons (Fsp3) is 0.333. The number of esters is 1. The first-order valence-electron chi connectivity index (χ1n) is 9.11. The number of ether oxygens (including phenoxy) is 5. The summed E-state index contributed by atoms with van der Waals surface area (Å²) in [5.41, 5.74) is 0.749. The molecule has 0 saturated carbocycles. The molecule has 0 radical (unpaired) electrons. The average molecular weight is 403 g/mol. The second kappa shape index (κ2) is 10.8. The van der Waals surface area contributed by atoms with E-state index >= 15 is 0 Å². The number of rotatable bonds is 10. The van der Waals surface area contributed by atoms with E-state index < -0.39 is 18.5 Å². The van der Waals surface area contributed by atoms with E-state index in [1.807, 2.05) is 13.8 Å². The molecule has 1 amide bonds. The Morgan fingerprint density at radius 2 is 1.48 bits per heavy atom. The van der Waals surface area contributed by atoms with Crippen molar-refractivity contribution in [2.45, 2.75) is 13.8 Å². The van der Waals surface area contributed by atoms with Crippen LogP contribution in [0.4, 0.5) is 5.69 Å². The van der Waals surface area contributed by atoms with E-state index in [1.165, 1.54) is 26.4 Å². The first kappa shape index (κ1) is 21.9. The van der Waals surface area contributed by atoms with Crippen molar-refractivity contribution in [2.24, 2.45) is 0 Å². The van der Waals surface area contributed by atoms with E-state index in [0.717, 1.165) is 0 Å². The Morgan fingerprint density at radius 1 is 0.828 bits per heavy atom. The van der Waals surface area contributed by atoms with Crippen LogP contribution >= 0.6 is 0 Å². The highest BCUT2D eigenvalue weighted by atomic mass is 16.5. The zero-order chi connectivity index (χ0) is 21.2. The largest absolute Gasteiger partial charge is 0.493 e. The summed E-state index contributed by atoms with van der Waals surface area (Å²) in [6.45, 7) is 4.25. The van der Waals surface area contributed by atoms with Gasteiger partial charge in [-0.25, -0.2) is 4.79 Å². The Balaban J connectivity index is 1.97. The molecule has 2 aromatic carbocycles. The maximum absolute atomic E-state index is 12.2.